The first kappa shape index (κ1) is 13.1. The van der Waals surface area contributed by atoms with Gasteiger partial charge in [-0.05, 0) is 6.07 Å². The van der Waals surface area contributed by atoms with Crippen LogP contribution < -0.4 is 5.32 Å². The molecule has 2 heterocycles. The molecular weight excluding hydrogens is 278 g/mol. The number of nitrogens with zero attached hydrogens (tertiary/aromatic N) is 2. The molecule has 0 aliphatic carbocycles. The summed E-state index contributed by atoms with van der Waals surface area (Å²) in [6.45, 7) is 0.566. The monoisotopic (exact) mass is 285 g/mol. The summed E-state index contributed by atoms with van der Waals surface area (Å²) in [6, 6.07) is 2.41. The van der Waals surface area contributed by atoms with Crippen LogP contribution in [0.15, 0.2) is 24.2 Å². The Balaban J connectivity index is 2.22. The van der Waals surface area contributed by atoms with Crippen molar-refractivity contribution in [1.82, 2.24) is 4.98 Å². The predicted molar refractivity (Wildman–Crippen MR) is 64.5 cm³/mol. The quantitative estimate of drug-likeness (QED) is 0.512. The topological polar surface area (TPSA) is 104 Å². The molecule has 0 spiro atoms. The van der Waals surface area contributed by atoms with E-state index in [0.29, 0.717) is 6.61 Å². The number of hydrogen-bond donors (Lipinski definition) is 1. The van der Waals surface area contributed by atoms with E-state index in [9.17, 15) is 14.9 Å². The van der Waals surface area contributed by atoms with Gasteiger partial charge in [0.2, 0.25) is 11.6 Å². The molecule has 2 rings (SSSR count). The van der Waals surface area contributed by atoms with E-state index in [-0.39, 0.29) is 29.0 Å². The maximum atomic E-state index is 11.8. The first-order valence-corrected chi connectivity index (χ1v) is 5.52. The summed E-state index contributed by atoms with van der Waals surface area (Å²) in [4.78, 5) is 25.6. The average molecular weight is 286 g/mol. The average Bonchev–Trinajstić information content (AvgIpc) is 2.39. The largest absolute Gasteiger partial charge is 0.494 e. The summed E-state index contributed by atoms with van der Waals surface area (Å²) in [6.07, 6.45) is 1.13. The van der Waals surface area contributed by atoms with E-state index in [2.05, 4.69) is 10.3 Å². The molecule has 9 heteroatoms. The molecule has 1 aliphatic heterocycles. The molecule has 0 unspecified atom stereocenters. The number of nitro groups is 1. The first-order valence-electron chi connectivity index (χ1n) is 5.15. The molecule has 0 saturated heterocycles. The van der Waals surface area contributed by atoms with Crippen LogP contribution in [0.2, 0.25) is 5.15 Å². The normalized spacial score (nSPS) is 13.8. The van der Waals surface area contributed by atoms with Crippen molar-refractivity contribution in [3.05, 3.63) is 39.4 Å². The fourth-order valence-electron chi connectivity index (χ4n) is 1.32. The lowest BCUT2D eigenvalue weighted by molar-refractivity contribution is -0.384. The number of halogens is 1. The molecule has 1 aromatic rings. The molecule has 1 amide bonds. The van der Waals surface area contributed by atoms with Gasteiger partial charge in [0.15, 0.2) is 0 Å². The van der Waals surface area contributed by atoms with Crippen LogP contribution in [-0.4, -0.2) is 29.0 Å². The van der Waals surface area contributed by atoms with Crippen LogP contribution in [0.4, 0.5) is 11.5 Å². The molecular formula is C10H8ClN3O5. The summed E-state index contributed by atoms with van der Waals surface area (Å²) in [5.74, 6) is -1.03. The number of ether oxygens (including phenoxy) is 2. The van der Waals surface area contributed by atoms with Crippen LogP contribution >= 0.6 is 11.6 Å². The zero-order chi connectivity index (χ0) is 13.8. The third kappa shape index (κ3) is 3.10. The van der Waals surface area contributed by atoms with E-state index < -0.39 is 10.8 Å². The van der Waals surface area contributed by atoms with Gasteiger partial charge in [-0.15, -0.1) is 0 Å². The highest BCUT2D eigenvalue weighted by Crippen LogP contribution is 2.24. The number of anilines is 1. The Morgan fingerprint density at radius 3 is 2.89 bits per heavy atom. The van der Waals surface area contributed by atoms with Crippen LogP contribution in [0.3, 0.4) is 0 Å². The van der Waals surface area contributed by atoms with Gasteiger partial charge in [-0.25, -0.2) is 4.98 Å². The van der Waals surface area contributed by atoms with Gasteiger partial charge in [0, 0.05) is 6.07 Å². The first-order chi connectivity index (χ1) is 9.08. The Bertz CT molecular complexity index is 560. The minimum Gasteiger partial charge on any atom is -0.494 e. The number of hydrogen-bond acceptors (Lipinski definition) is 6. The van der Waals surface area contributed by atoms with E-state index in [4.69, 9.17) is 21.1 Å². The van der Waals surface area contributed by atoms with Gasteiger partial charge in [-0.2, -0.15) is 0 Å². The Hall–Kier alpha value is -2.35. The highest BCUT2D eigenvalue weighted by atomic mass is 35.5. The summed E-state index contributed by atoms with van der Waals surface area (Å²) in [7, 11) is 0. The molecule has 0 bridgehead atoms. The van der Waals surface area contributed by atoms with Crippen molar-refractivity contribution in [3.63, 3.8) is 0 Å². The summed E-state index contributed by atoms with van der Waals surface area (Å²) in [5.41, 5.74) is -0.366. The lowest BCUT2D eigenvalue weighted by atomic mass is 10.3. The summed E-state index contributed by atoms with van der Waals surface area (Å²) >= 11 is 5.64. The van der Waals surface area contributed by atoms with Crippen LogP contribution in [0.1, 0.15) is 0 Å². The number of carbonyl (C=O) groups is 1. The molecule has 19 heavy (non-hydrogen) atoms. The van der Waals surface area contributed by atoms with Gasteiger partial charge in [-0.3, -0.25) is 20.2 Å². The Labute approximate surface area is 112 Å². The molecule has 0 atom stereocenters. The predicted octanol–water partition coefficient (Wildman–Crippen LogP) is 1.47. The highest BCUT2D eigenvalue weighted by molar-refractivity contribution is 6.29. The maximum Gasteiger partial charge on any atom is 0.311 e. The highest BCUT2D eigenvalue weighted by Gasteiger charge is 2.21. The second kappa shape index (κ2) is 5.53. The summed E-state index contributed by atoms with van der Waals surface area (Å²) < 4.78 is 9.95. The van der Waals surface area contributed by atoms with Gasteiger partial charge in [0.25, 0.3) is 5.91 Å². The number of amides is 1. The van der Waals surface area contributed by atoms with E-state index in [0.717, 1.165) is 12.3 Å². The fourth-order valence-corrected chi connectivity index (χ4v) is 1.47. The van der Waals surface area contributed by atoms with E-state index >= 15 is 0 Å². The van der Waals surface area contributed by atoms with Crippen molar-refractivity contribution in [1.29, 1.82) is 0 Å². The molecule has 1 N–H and O–H groups in total. The van der Waals surface area contributed by atoms with E-state index in [1.807, 2.05) is 0 Å². The van der Waals surface area contributed by atoms with Crippen LogP contribution in [0.25, 0.3) is 0 Å². The van der Waals surface area contributed by atoms with E-state index in [1.165, 1.54) is 6.07 Å². The van der Waals surface area contributed by atoms with Crippen LogP contribution in [0.5, 0.6) is 0 Å². The number of rotatable bonds is 3. The minimum atomic E-state index is -0.697. The number of pyridine rings is 1. The Kier molecular flexibility index (Phi) is 3.81. The van der Waals surface area contributed by atoms with Crippen molar-refractivity contribution in [2.24, 2.45) is 0 Å². The zero-order valence-electron chi connectivity index (χ0n) is 9.46. The van der Waals surface area contributed by atoms with Crippen molar-refractivity contribution >= 4 is 29.0 Å². The second-order valence-corrected chi connectivity index (χ2v) is 3.80. The van der Waals surface area contributed by atoms with Gasteiger partial charge >= 0.3 is 5.69 Å². The van der Waals surface area contributed by atoms with Crippen molar-refractivity contribution in [2.75, 3.05) is 18.5 Å². The number of aromatic nitrogens is 1. The zero-order valence-corrected chi connectivity index (χ0v) is 10.2. The van der Waals surface area contributed by atoms with Gasteiger partial charge in [-0.1, -0.05) is 11.6 Å². The molecule has 100 valence electrons. The molecule has 0 fully saturated rings. The molecule has 0 aromatic carbocycles. The van der Waals surface area contributed by atoms with Crippen molar-refractivity contribution < 1.29 is 19.2 Å². The van der Waals surface area contributed by atoms with E-state index in [1.54, 1.807) is 0 Å². The fraction of sp³-hybridized carbons (Fsp3) is 0.200. The van der Waals surface area contributed by atoms with Gasteiger partial charge < -0.3 is 9.47 Å². The lowest BCUT2D eigenvalue weighted by Gasteiger charge is -2.14. The minimum absolute atomic E-state index is 0.0238. The van der Waals surface area contributed by atoms with Gasteiger partial charge in [0.05, 0.1) is 4.92 Å². The Morgan fingerprint density at radius 1 is 1.47 bits per heavy atom. The third-order valence-electron chi connectivity index (χ3n) is 2.14. The molecule has 1 aromatic heterocycles. The number of carbonyl (C=O) groups excluding carboxylic acids is 1. The van der Waals surface area contributed by atoms with Crippen LogP contribution in [-0.2, 0) is 14.3 Å². The van der Waals surface area contributed by atoms with Crippen LogP contribution in [0, 0.1) is 10.1 Å². The molecule has 8 nitrogen and oxygen atoms in total. The van der Waals surface area contributed by atoms with Gasteiger partial charge in [0.1, 0.15) is 24.6 Å². The maximum absolute atomic E-state index is 11.8. The molecule has 0 radical (unpaired) electrons. The lowest BCUT2D eigenvalue weighted by Crippen LogP contribution is -2.22. The summed E-state index contributed by atoms with van der Waals surface area (Å²) in [5, 5.41) is 13.1. The van der Waals surface area contributed by atoms with Crippen molar-refractivity contribution in [2.45, 2.75) is 0 Å². The molecule has 1 aliphatic rings. The third-order valence-corrected chi connectivity index (χ3v) is 2.35. The Morgan fingerprint density at radius 2 is 2.26 bits per heavy atom. The molecule has 0 saturated carbocycles. The number of nitrogens with one attached hydrogen (secondary N) is 1. The smallest absolute Gasteiger partial charge is 0.311 e. The van der Waals surface area contributed by atoms with Crippen molar-refractivity contribution in [3.8, 4) is 0 Å². The SMILES string of the molecule is O=C(Nc1nc(Cl)ccc1[N+](=O)[O-])C1=COCCO1. The standard InChI is InChI=1S/C10H8ClN3O5/c11-8-2-1-6(14(16)17)9(12-8)13-10(15)7-5-18-3-4-19-7/h1-2,5H,3-4H2,(H,12,13,15). The second-order valence-electron chi connectivity index (χ2n) is 3.41.